The van der Waals surface area contributed by atoms with Gasteiger partial charge in [0, 0.05) is 15.6 Å². The molecule has 1 aromatic heterocycles. The zero-order valence-corrected chi connectivity index (χ0v) is 14.0. The predicted molar refractivity (Wildman–Crippen MR) is 84.4 cm³/mol. The van der Waals surface area contributed by atoms with Gasteiger partial charge in [-0.15, -0.1) is 10.2 Å². The van der Waals surface area contributed by atoms with Crippen molar-refractivity contribution >= 4 is 27.3 Å². The maximum atomic E-state index is 4.29. The molecule has 0 spiro atoms. The average molecular weight is 340 g/mol. The van der Waals surface area contributed by atoms with Gasteiger partial charge in [0.05, 0.1) is 6.54 Å². The van der Waals surface area contributed by atoms with E-state index in [9.17, 15) is 0 Å². The molecule has 0 fully saturated rings. The standard InChI is InChI=1S/C14H18BrN3S/c1-9-6-5-7-10(12(9)15)13-18-17-11(19-13)8-16-14(2,3)4/h5-7,16H,8H2,1-4H3. The van der Waals surface area contributed by atoms with Gasteiger partial charge >= 0.3 is 0 Å². The molecule has 0 saturated heterocycles. The van der Waals surface area contributed by atoms with Gasteiger partial charge in [-0.25, -0.2) is 0 Å². The first-order chi connectivity index (χ1) is 8.87. The molecular weight excluding hydrogens is 322 g/mol. The quantitative estimate of drug-likeness (QED) is 0.912. The van der Waals surface area contributed by atoms with Crippen molar-refractivity contribution in [3.8, 4) is 10.6 Å². The summed E-state index contributed by atoms with van der Waals surface area (Å²) in [6.07, 6.45) is 0. The van der Waals surface area contributed by atoms with Crippen molar-refractivity contribution in [2.45, 2.75) is 39.8 Å². The van der Waals surface area contributed by atoms with Crippen LogP contribution in [0.2, 0.25) is 0 Å². The third kappa shape index (κ3) is 3.84. The smallest absolute Gasteiger partial charge is 0.148 e. The topological polar surface area (TPSA) is 37.8 Å². The normalized spacial score (nSPS) is 11.8. The summed E-state index contributed by atoms with van der Waals surface area (Å²) in [5.74, 6) is 0. The van der Waals surface area contributed by atoms with E-state index in [4.69, 9.17) is 0 Å². The van der Waals surface area contributed by atoms with Crippen LogP contribution in [0.1, 0.15) is 31.3 Å². The first-order valence-electron chi connectivity index (χ1n) is 6.20. The fourth-order valence-electron chi connectivity index (χ4n) is 1.59. The average Bonchev–Trinajstić information content (AvgIpc) is 2.78. The van der Waals surface area contributed by atoms with Crippen LogP contribution in [0.25, 0.3) is 10.6 Å². The lowest BCUT2D eigenvalue weighted by Crippen LogP contribution is -2.35. The molecule has 19 heavy (non-hydrogen) atoms. The van der Waals surface area contributed by atoms with Crippen LogP contribution in [-0.4, -0.2) is 15.7 Å². The number of halogens is 1. The molecule has 0 unspecified atom stereocenters. The second kappa shape index (κ2) is 5.69. The number of hydrogen-bond donors (Lipinski definition) is 1. The van der Waals surface area contributed by atoms with Gasteiger partial charge in [0.2, 0.25) is 0 Å². The summed E-state index contributed by atoms with van der Waals surface area (Å²) >= 11 is 5.25. The van der Waals surface area contributed by atoms with Gasteiger partial charge in [0.15, 0.2) is 0 Å². The first kappa shape index (κ1) is 14.6. The van der Waals surface area contributed by atoms with Crippen LogP contribution < -0.4 is 5.32 Å². The number of rotatable bonds is 3. The fraction of sp³-hybridized carbons (Fsp3) is 0.429. The number of aryl methyl sites for hydroxylation is 1. The summed E-state index contributed by atoms with van der Waals surface area (Å²) in [7, 11) is 0. The zero-order valence-electron chi connectivity index (χ0n) is 11.6. The lowest BCUT2D eigenvalue weighted by molar-refractivity contribution is 0.423. The molecule has 0 amide bonds. The zero-order chi connectivity index (χ0) is 14.0. The molecule has 0 atom stereocenters. The van der Waals surface area contributed by atoms with Gasteiger partial charge in [0.25, 0.3) is 0 Å². The van der Waals surface area contributed by atoms with Gasteiger partial charge in [-0.1, -0.05) is 29.5 Å². The Bertz CT molecular complexity index is 572. The van der Waals surface area contributed by atoms with Crippen LogP contribution in [0.3, 0.4) is 0 Å². The monoisotopic (exact) mass is 339 g/mol. The third-order valence-corrected chi connectivity index (χ3v) is 4.67. The highest BCUT2D eigenvalue weighted by Gasteiger charge is 2.13. The van der Waals surface area contributed by atoms with E-state index in [2.05, 4.69) is 71.3 Å². The molecule has 0 aliphatic heterocycles. The lowest BCUT2D eigenvalue weighted by Gasteiger charge is -2.19. The summed E-state index contributed by atoms with van der Waals surface area (Å²) in [6, 6.07) is 6.19. The van der Waals surface area contributed by atoms with Crippen molar-refractivity contribution < 1.29 is 0 Å². The summed E-state index contributed by atoms with van der Waals surface area (Å²) in [5.41, 5.74) is 2.41. The van der Waals surface area contributed by atoms with Crippen molar-refractivity contribution in [2.75, 3.05) is 0 Å². The van der Waals surface area contributed by atoms with Gasteiger partial charge in [-0.3, -0.25) is 0 Å². The molecular formula is C14H18BrN3S. The van der Waals surface area contributed by atoms with Crippen molar-refractivity contribution in [1.82, 2.24) is 15.5 Å². The summed E-state index contributed by atoms with van der Waals surface area (Å²) in [4.78, 5) is 0. The van der Waals surface area contributed by atoms with Crippen molar-refractivity contribution in [3.05, 3.63) is 33.2 Å². The molecule has 1 N–H and O–H groups in total. The van der Waals surface area contributed by atoms with E-state index in [0.717, 1.165) is 26.6 Å². The maximum absolute atomic E-state index is 4.29. The Hall–Kier alpha value is -0.780. The van der Waals surface area contributed by atoms with E-state index < -0.39 is 0 Å². The molecule has 0 bridgehead atoms. The summed E-state index contributed by atoms with van der Waals surface area (Å²) in [5, 5.41) is 13.9. The fourth-order valence-corrected chi connectivity index (χ4v) is 2.98. The van der Waals surface area contributed by atoms with Crippen molar-refractivity contribution in [1.29, 1.82) is 0 Å². The molecule has 0 radical (unpaired) electrons. The lowest BCUT2D eigenvalue weighted by atomic mass is 10.1. The van der Waals surface area contributed by atoms with E-state index in [1.807, 2.05) is 6.07 Å². The third-order valence-electron chi connectivity index (χ3n) is 2.66. The SMILES string of the molecule is Cc1cccc(-c2nnc(CNC(C)(C)C)s2)c1Br. The number of nitrogens with one attached hydrogen (secondary N) is 1. The van der Waals surface area contributed by atoms with Crippen LogP contribution in [0.15, 0.2) is 22.7 Å². The molecule has 0 aliphatic rings. The Morgan fingerprint density at radius 2 is 2.00 bits per heavy atom. The predicted octanol–water partition coefficient (Wildman–Crippen LogP) is 4.16. The molecule has 1 heterocycles. The highest BCUT2D eigenvalue weighted by atomic mass is 79.9. The second-order valence-electron chi connectivity index (χ2n) is 5.54. The van der Waals surface area contributed by atoms with E-state index in [-0.39, 0.29) is 5.54 Å². The minimum absolute atomic E-state index is 0.0930. The summed E-state index contributed by atoms with van der Waals surface area (Å²) < 4.78 is 1.10. The molecule has 2 aromatic rings. The van der Waals surface area contributed by atoms with Crippen molar-refractivity contribution in [2.24, 2.45) is 0 Å². The Balaban J connectivity index is 2.19. The molecule has 1 aromatic carbocycles. The van der Waals surface area contributed by atoms with Gasteiger partial charge in [-0.2, -0.15) is 0 Å². The highest BCUT2D eigenvalue weighted by Crippen LogP contribution is 2.32. The van der Waals surface area contributed by atoms with Gasteiger partial charge in [-0.05, 0) is 49.2 Å². The Labute approximate surface area is 126 Å². The number of aromatic nitrogens is 2. The van der Waals surface area contributed by atoms with E-state index in [0.29, 0.717) is 0 Å². The van der Waals surface area contributed by atoms with Crippen LogP contribution >= 0.6 is 27.3 Å². The van der Waals surface area contributed by atoms with Crippen LogP contribution in [0, 0.1) is 6.92 Å². The van der Waals surface area contributed by atoms with E-state index in [1.165, 1.54) is 5.56 Å². The molecule has 5 heteroatoms. The highest BCUT2D eigenvalue weighted by molar-refractivity contribution is 9.10. The molecule has 0 saturated carbocycles. The minimum Gasteiger partial charge on any atom is -0.306 e. The first-order valence-corrected chi connectivity index (χ1v) is 7.81. The number of benzene rings is 1. The minimum atomic E-state index is 0.0930. The summed E-state index contributed by atoms with van der Waals surface area (Å²) in [6.45, 7) is 9.27. The second-order valence-corrected chi connectivity index (χ2v) is 7.40. The molecule has 3 nitrogen and oxygen atoms in total. The molecule has 2 rings (SSSR count). The van der Waals surface area contributed by atoms with Crippen LogP contribution in [-0.2, 0) is 6.54 Å². The Kier molecular flexibility index (Phi) is 4.38. The number of hydrogen-bond acceptors (Lipinski definition) is 4. The van der Waals surface area contributed by atoms with Crippen molar-refractivity contribution in [3.63, 3.8) is 0 Å². The van der Waals surface area contributed by atoms with Crippen LogP contribution in [0.5, 0.6) is 0 Å². The number of nitrogens with zero attached hydrogens (tertiary/aromatic N) is 2. The maximum Gasteiger partial charge on any atom is 0.148 e. The molecule has 0 aliphatic carbocycles. The molecule has 102 valence electrons. The Morgan fingerprint density at radius 3 is 2.68 bits per heavy atom. The van der Waals surface area contributed by atoms with Gasteiger partial charge in [0.1, 0.15) is 10.0 Å². The van der Waals surface area contributed by atoms with Gasteiger partial charge < -0.3 is 5.32 Å². The van der Waals surface area contributed by atoms with Crippen LogP contribution in [0.4, 0.5) is 0 Å². The van der Waals surface area contributed by atoms with E-state index >= 15 is 0 Å². The largest absolute Gasteiger partial charge is 0.306 e. The Morgan fingerprint density at radius 1 is 1.26 bits per heavy atom. The van der Waals surface area contributed by atoms with E-state index in [1.54, 1.807) is 11.3 Å².